The quantitative estimate of drug-likeness (QED) is 0.747. The van der Waals surface area contributed by atoms with Gasteiger partial charge in [-0.25, -0.2) is 0 Å². The van der Waals surface area contributed by atoms with Crippen LogP contribution in [0.5, 0.6) is 5.75 Å². The number of rotatable bonds is 3. The van der Waals surface area contributed by atoms with E-state index >= 15 is 0 Å². The highest BCUT2D eigenvalue weighted by atomic mass is 16.3. The number of phenolic OH excluding ortho intramolecular Hbond substituents is 1. The maximum Gasteiger partial charge on any atom is 0.298 e. The Balaban J connectivity index is 1.73. The molecule has 5 heteroatoms. The van der Waals surface area contributed by atoms with Crippen LogP contribution in [-0.2, 0) is 6.54 Å². The number of carbonyl (C=O) groups excluding carboxylic acids is 1. The number of nitrogens with zero attached hydrogens (tertiary/aromatic N) is 3. The van der Waals surface area contributed by atoms with Crippen molar-refractivity contribution in [1.82, 2.24) is 4.98 Å². The topological polar surface area (TPSA) is 74.9 Å². The molecule has 1 N–H and O–H groups in total. The number of amides is 1. The van der Waals surface area contributed by atoms with Crippen molar-refractivity contribution in [1.29, 1.82) is 0 Å². The van der Waals surface area contributed by atoms with Crippen molar-refractivity contribution in [2.75, 3.05) is 0 Å². The highest BCUT2D eigenvalue weighted by molar-refractivity contribution is 5.97. The first-order valence-electron chi connectivity index (χ1n) is 6.78. The molecule has 0 radical (unpaired) electrons. The normalized spacial score (nSPS) is 11.1. The Morgan fingerprint density at radius 2 is 1.77 bits per heavy atom. The van der Waals surface area contributed by atoms with Gasteiger partial charge in [0, 0.05) is 5.39 Å². The number of carbonyl (C=O) groups is 1. The van der Waals surface area contributed by atoms with Crippen molar-refractivity contribution >= 4 is 16.8 Å². The van der Waals surface area contributed by atoms with Crippen LogP contribution in [0, 0.1) is 0 Å². The van der Waals surface area contributed by atoms with Crippen LogP contribution in [0.4, 0.5) is 0 Å². The van der Waals surface area contributed by atoms with Crippen LogP contribution < -0.4 is 0 Å². The van der Waals surface area contributed by atoms with Gasteiger partial charge in [-0.2, -0.15) is 5.11 Å². The van der Waals surface area contributed by atoms with Gasteiger partial charge in [0.2, 0.25) is 0 Å². The molecule has 108 valence electrons. The number of fused-ring (bicyclic) bond motifs is 1. The SMILES string of the molecule is O=C(N=NCc1ccc2ccccc2n1)c1ccccc1O. The average Bonchev–Trinajstić information content (AvgIpc) is 2.55. The van der Waals surface area contributed by atoms with Gasteiger partial charge in [0.1, 0.15) is 12.3 Å². The van der Waals surface area contributed by atoms with E-state index in [1.54, 1.807) is 12.1 Å². The fourth-order valence-corrected chi connectivity index (χ4v) is 2.08. The minimum Gasteiger partial charge on any atom is -0.507 e. The minimum absolute atomic E-state index is 0.102. The average molecular weight is 291 g/mol. The Morgan fingerprint density at radius 1 is 1.00 bits per heavy atom. The van der Waals surface area contributed by atoms with Crippen LogP contribution in [0.15, 0.2) is 70.9 Å². The van der Waals surface area contributed by atoms with Crippen LogP contribution in [0.2, 0.25) is 0 Å². The molecule has 1 aromatic heterocycles. The lowest BCUT2D eigenvalue weighted by Crippen LogP contribution is -1.95. The molecule has 3 rings (SSSR count). The highest BCUT2D eigenvalue weighted by Gasteiger charge is 2.08. The van der Waals surface area contributed by atoms with Gasteiger partial charge >= 0.3 is 0 Å². The highest BCUT2D eigenvalue weighted by Crippen LogP contribution is 2.17. The molecule has 0 aliphatic heterocycles. The maximum absolute atomic E-state index is 11.8. The molecule has 0 saturated carbocycles. The molecular weight excluding hydrogens is 278 g/mol. The molecule has 3 aromatic rings. The second-order valence-electron chi connectivity index (χ2n) is 4.72. The third-order valence-electron chi connectivity index (χ3n) is 3.18. The summed E-state index contributed by atoms with van der Waals surface area (Å²) in [6.45, 7) is 0.212. The summed E-state index contributed by atoms with van der Waals surface area (Å²) in [5, 5.41) is 18.1. The molecule has 5 nitrogen and oxygen atoms in total. The van der Waals surface area contributed by atoms with Crippen molar-refractivity contribution in [2.24, 2.45) is 10.2 Å². The molecule has 2 aromatic carbocycles. The summed E-state index contributed by atoms with van der Waals surface area (Å²) >= 11 is 0. The number of pyridine rings is 1. The standard InChI is InChI=1S/C17H13N3O2/c21-16-8-4-2-6-14(16)17(22)20-18-11-13-10-9-12-5-1-3-7-15(12)19-13/h1-10,21H,11H2. The number of benzene rings is 2. The molecular formula is C17H13N3O2. The summed E-state index contributed by atoms with van der Waals surface area (Å²) in [4.78, 5) is 16.3. The Hall–Kier alpha value is -3.08. The van der Waals surface area contributed by atoms with E-state index in [-0.39, 0.29) is 17.9 Å². The third kappa shape index (κ3) is 2.98. The van der Waals surface area contributed by atoms with Gasteiger partial charge < -0.3 is 5.11 Å². The lowest BCUT2D eigenvalue weighted by molar-refractivity contribution is 0.0990. The molecule has 1 amide bonds. The summed E-state index contributed by atoms with van der Waals surface area (Å²) in [7, 11) is 0. The number of hydrogen-bond donors (Lipinski definition) is 1. The fourth-order valence-electron chi connectivity index (χ4n) is 2.08. The van der Waals surface area contributed by atoms with Gasteiger partial charge in [-0.1, -0.05) is 36.4 Å². The van der Waals surface area contributed by atoms with Crippen molar-refractivity contribution in [3.8, 4) is 5.75 Å². The van der Waals surface area contributed by atoms with E-state index in [9.17, 15) is 9.90 Å². The Labute approximate surface area is 127 Å². The van der Waals surface area contributed by atoms with Crippen LogP contribution in [0.3, 0.4) is 0 Å². The molecule has 0 unspecified atom stereocenters. The van der Waals surface area contributed by atoms with Crippen LogP contribution in [-0.4, -0.2) is 16.0 Å². The molecule has 0 spiro atoms. The Bertz CT molecular complexity index is 859. The van der Waals surface area contributed by atoms with Crippen LogP contribution in [0.25, 0.3) is 10.9 Å². The Kier molecular flexibility index (Phi) is 3.87. The third-order valence-corrected chi connectivity index (χ3v) is 3.18. The zero-order chi connectivity index (χ0) is 15.4. The largest absolute Gasteiger partial charge is 0.507 e. The van der Waals surface area contributed by atoms with E-state index in [0.717, 1.165) is 16.6 Å². The van der Waals surface area contributed by atoms with E-state index < -0.39 is 5.91 Å². The summed E-state index contributed by atoms with van der Waals surface area (Å²) < 4.78 is 0. The Morgan fingerprint density at radius 3 is 2.64 bits per heavy atom. The van der Waals surface area contributed by atoms with Crippen molar-refractivity contribution in [3.63, 3.8) is 0 Å². The minimum atomic E-state index is -0.570. The number of aromatic hydroxyl groups is 1. The summed E-state index contributed by atoms with van der Waals surface area (Å²) in [6.07, 6.45) is 0. The first-order chi connectivity index (χ1) is 10.7. The van der Waals surface area contributed by atoms with Crippen LogP contribution >= 0.6 is 0 Å². The van der Waals surface area contributed by atoms with E-state index in [0.29, 0.717) is 0 Å². The van der Waals surface area contributed by atoms with Gasteiger partial charge in [0.25, 0.3) is 5.91 Å². The van der Waals surface area contributed by atoms with Crippen molar-refractivity contribution in [3.05, 3.63) is 71.9 Å². The zero-order valence-electron chi connectivity index (χ0n) is 11.7. The van der Waals surface area contributed by atoms with Crippen molar-refractivity contribution < 1.29 is 9.90 Å². The number of phenols is 1. The molecule has 0 saturated heterocycles. The van der Waals surface area contributed by atoms with E-state index in [4.69, 9.17) is 0 Å². The van der Waals surface area contributed by atoms with Gasteiger partial charge in [-0.15, -0.1) is 5.11 Å². The molecule has 0 fully saturated rings. The first-order valence-corrected chi connectivity index (χ1v) is 6.78. The monoisotopic (exact) mass is 291 g/mol. The van der Waals surface area contributed by atoms with Gasteiger partial charge in [-0.05, 0) is 24.3 Å². The predicted octanol–water partition coefficient (Wildman–Crippen LogP) is 3.73. The molecule has 22 heavy (non-hydrogen) atoms. The second kappa shape index (κ2) is 6.13. The zero-order valence-corrected chi connectivity index (χ0v) is 11.7. The van der Waals surface area contributed by atoms with Crippen LogP contribution in [0.1, 0.15) is 16.1 Å². The molecule has 0 aliphatic rings. The van der Waals surface area contributed by atoms with Gasteiger partial charge in [-0.3, -0.25) is 9.78 Å². The molecule has 1 heterocycles. The fraction of sp³-hybridized carbons (Fsp3) is 0.0588. The van der Waals surface area contributed by atoms with Crippen molar-refractivity contribution in [2.45, 2.75) is 6.54 Å². The maximum atomic E-state index is 11.8. The summed E-state index contributed by atoms with van der Waals surface area (Å²) in [5.41, 5.74) is 1.74. The number of azo groups is 1. The number of aromatic nitrogens is 1. The van der Waals surface area contributed by atoms with Gasteiger partial charge in [0.05, 0.1) is 16.8 Å². The van der Waals surface area contributed by atoms with E-state index in [1.807, 2.05) is 36.4 Å². The number of para-hydroxylation sites is 2. The second-order valence-corrected chi connectivity index (χ2v) is 4.72. The van der Waals surface area contributed by atoms with E-state index in [2.05, 4.69) is 15.2 Å². The van der Waals surface area contributed by atoms with Gasteiger partial charge in [0.15, 0.2) is 0 Å². The molecule has 0 atom stereocenters. The molecule has 0 bridgehead atoms. The first kappa shape index (κ1) is 13.9. The molecule has 0 aliphatic carbocycles. The smallest absolute Gasteiger partial charge is 0.298 e. The summed E-state index contributed by atoms with van der Waals surface area (Å²) in [5.74, 6) is -0.672. The lowest BCUT2D eigenvalue weighted by atomic mass is 10.2. The lowest BCUT2D eigenvalue weighted by Gasteiger charge is -2.00. The predicted molar refractivity (Wildman–Crippen MR) is 82.7 cm³/mol. The van der Waals surface area contributed by atoms with E-state index in [1.165, 1.54) is 12.1 Å². The number of hydrogen-bond acceptors (Lipinski definition) is 4. The summed E-state index contributed by atoms with van der Waals surface area (Å²) in [6, 6.07) is 17.8.